The van der Waals surface area contributed by atoms with E-state index in [1.807, 2.05) is 0 Å². The van der Waals surface area contributed by atoms with Crippen LogP contribution < -0.4 is 0 Å². The molecule has 1 aromatic heterocycles. The van der Waals surface area contributed by atoms with Crippen LogP contribution in [-0.2, 0) is 18.3 Å². The number of H-pyrrole nitrogens is 1. The zero-order valence-electron chi connectivity index (χ0n) is 30.4. The molecule has 6 rings (SSSR count). The Morgan fingerprint density at radius 2 is 1.19 bits per heavy atom. The molecule has 0 aliphatic carbocycles. The number of benzene rings is 1. The Labute approximate surface area is 282 Å². The fourth-order valence-corrected chi connectivity index (χ4v) is 8.65. The lowest BCUT2D eigenvalue weighted by Gasteiger charge is -2.32. The average molecular weight is 628 g/mol. The summed E-state index contributed by atoms with van der Waals surface area (Å²) >= 11 is 0. The number of aromatic amines is 1. The zero-order chi connectivity index (χ0) is 33.6. The van der Waals surface area contributed by atoms with Gasteiger partial charge in [-0.2, -0.15) is 0 Å². The van der Waals surface area contributed by atoms with E-state index < -0.39 is 0 Å². The first-order valence-corrected chi connectivity index (χ1v) is 18.2. The normalized spacial score (nSPS) is 18.9. The highest BCUT2D eigenvalue weighted by atomic mass is 15.0. The Balaban J connectivity index is 1.79. The zero-order valence-corrected chi connectivity index (χ0v) is 30.4. The van der Waals surface area contributed by atoms with Crippen LogP contribution in [0.25, 0.3) is 12.2 Å². The third-order valence-corrected chi connectivity index (χ3v) is 10.9. The van der Waals surface area contributed by atoms with Crippen molar-refractivity contribution in [1.82, 2.24) is 9.88 Å². The molecule has 5 heterocycles. The molecule has 5 heteroatoms. The van der Waals surface area contributed by atoms with Gasteiger partial charge >= 0.3 is 0 Å². The van der Waals surface area contributed by atoms with Crippen LogP contribution in [0.5, 0.6) is 0 Å². The number of nitrogens with zero attached hydrogens (tertiary/aromatic N) is 4. The van der Waals surface area contributed by atoms with Crippen molar-refractivity contribution >= 4 is 35.0 Å². The van der Waals surface area contributed by atoms with Gasteiger partial charge in [-0.25, -0.2) is 9.98 Å². The lowest BCUT2D eigenvalue weighted by atomic mass is 9.69. The van der Waals surface area contributed by atoms with Crippen molar-refractivity contribution in [2.75, 3.05) is 14.1 Å². The smallest absolute Gasteiger partial charge is 0.0778 e. The number of rotatable bonds is 9. The Kier molecular flexibility index (Phi) is 9.04. The first kappa shape index (κ1) is 32.9. The molecule has 0 fully saturated rings. The van der Waals surface area contributed by atoms with Crippen LogP contribution in [0.4, 0.5) is 5.69 Å². The number of fused-ring (bicyclic) bond motifs is 5. The molecule has 1 aromatic carbocycles. The highest BCUT2D eigenvalue weighted by Gasteiger charge is 2.45. The number of hydrogen-bond donors (Lipinski definition) is 1. The van der Waals surface area contributed by atoms with Crippen LogP contribution in [0.2, 0.25) is 0 Å². The maximum absolute atomic E-state index is 5.70. The number of para-hydroxylation sites is 1. The van der Waals surface area contributed by atoms with Crippen LogP contribution in [-0.4, -0.2) is 41.1 Å². The quantitative estimate of drug-likeness (QED) is 0.295. The van der Waals surface area contributed by atoms with Crippen LogP contribution in [0.1, 0.15) is 128 Å². The third kappa shape index (κ3) is 5.00. The molecule has 246 valence electrons. The van der Waals surface area contributed by atoms with E-state index in [1.165, 1.54) is 50.4 Å². The summed E-state index contributed by atoms with van der Waals surface area (Å²) in [5.41, 5.74) is 20.4. The standard InChI is InChI=1S/C42H53N5/c1-11-25-26(12-2)35-23-37-28(14-4)30(16-6)39(45-37)32(24-47(9)10)41-42(17-7,18-8)33-21-19-20-31(40(33)46-41)38-29(15-5)27(13-3)36(44-38)22-34(25)43-35/h19-24,43H,11-18H2,1-10H3/b32-24-,36-22?,37-23?. The molecule has 0 amide bonds. The maximum atomic E-state index is 5.70. The molecule has 4 aliphatic heterocycles. The van der Waals surface area contributed by atoms with E-state index >= 15 is 0 Å². The monoisotopic (exact) mass is 627 g/mol. The van der Waals surface area contributed by atoms with E-state index in [9.17, 15) is 0 Å². The maximum Gasteiger partial charge on any atom is 0.0778 e. The third-order valence-electron chi connectivity index (χ3n) is 10.9. The van der Waals surface area contributed by atoms with Crippen molar-refractivity contribution in [2.24, 2.45) is 15.0 Å². The minimum absolute atomic E-state index is 0.220. The number of aromatic nitrogens is 1. The Morgan fingerprint density at radius 3 is 1.68 bits per heavy atom. The number of aliphatic imine (C=N–C) groups is 3. The van der Waals surface area contributed by atoms with Crippen LogP contribution in [0.15, 0.2) is 78.6 Å². The van der Waals surface area contributed by atoms with Gasteiger partial charge in [-0.05, 0) is 103 Å². The Morgan fingerprint density at radius 1 is 0.660 bits per heavy atom. The molecule has 8 bridgehead atoms. The van der Waals surface area contributed by atoms with E-state index in [0.29, 0.717) is 0 Å². The van der Waals surface area contributed by atoms with Crippen molar-refractivity contribution in [2.45, 2.75) is 112 Å². The van der Waals surface area contributed by atoms with Gasteiger partial charge in [0.05, 0.1) is 34.2 Å². The van der Waals surface area contributed by atoms with Gasteiger partial charge in [0, 0.05) is 48.2 Å². The number of hydrogen-bond acceptors (Lipinski definition) is 4. The van der Waals surface area contributed by atoms with Crippen LogP contribution in [0.3, 0.4) is 0 Å². The molecule has 0 atom stereocenters. The highest BCUT2D eigenvalue weighted by Crippen LogP contribution is 2.51. The molecule has 4 aliphatic rings. The van der Waals surface area contributed by atoms with E-state index in [-0.39, 0.29) is 5.41 Å². The van der Waals surface area contributed by atoms with Crippen molar-refractivity contribution < 1.29 is 0 Å². The number of nitrogens with one attached hydrogen (secondary N) is 1. The minimum Gasteiger partial charge on any atom is -0.383 e. The molecule has 1 N–H and O–H groups in total. The SMILES string of the molecule is CCC1=C(CC)C2=NC1=Cc1[nH]c(c(CC)c1CC)C=C1N=C(C(CC)=C1CC)c1cccc3c1N=C(/C2=C\N(C)C)C3(CC)CC. The van der Waals surface area contributed by atoms with E-state index in [2.05, 4.69) is 116 Å². The van der Waals surface area contributed by atoms with Crippen molar-refractivity contribution in [3.63, 3.8) is 0 Å². The molecule has 0 unspecified atom stereocenters. The molecule has 0 radical (unpaired) electrons. The summed E-state index contributed by atoms with van der Waals surface area (Å²) in [5.74, 6) is 0. The van der Waals surface area contributed by atoms with Gasteiger partial charge in [-0.15, -0.1) is 0 Å². The first-order valence-electron chi connectivity index (χ1n) is 18.2. The second-order valence-electron chi connectivity index (χ2n) is 13.4. The van der Waals surface area contributed by atoms with Gasteiger partial charge in [0.15, 0.2) is 0 Å². The van der Waals surface area contributed by atoms with Gasteiger partial charge < -0.3 is 9.88 Å². The van der Waals surface area contributed by atoms with Crippen LogP contribution in [0, 0.1) is 0 Å². The summed E-state index contributed by atoms with van der Waals surface area (Å²) in [6, 6.07) is 6.81. The van der Waals surface area contributed by atoms with Gasteiger partial charge in [-0.1, -0.05) is 73.6 Å². The van der Waals surface area contributed by atoms with Gasteiger partial charge in [0.2, 0.25) is 0 Å². The largest absolute Gasteiger partial charge is 0.383 e. The molecule has 0 saturated carbocycles. The van der Waals surface area contributed by atoms with E-state index in [1.54, 1.807) is 0 Å². The topological polar surface area (TPSA) is 56.1 Å². The average Bonchev–Trinajstić information content (AvgIpc) is 3.81. The second kappa shape index (κ2) is 12.9. The summed E-state index contributed by atoms with van der Waals surface area (Å²) in [6.07, 6.45) is 14.5. The predicted molar refractivity (Wildman–Crippen MR) is 202 cm³/mol. The van der Waals surface area contributed by atoms with Crippen molar-refractivity contribution in [1.29, 1.82) is 0 Å². The van der Waals surface area contributed by atoms with E-state index in [0.717, 1.165) is 96.7 Å². The summed E-state index contributed by atoms with van der Waals surface area (Å²) in [5, 5.41) is 0. The Hall–Kier alpha value is -3.99. The molecule has 47 heavy (non-hydrogen) atoms. The van der Waals surface area contributed by atoms with Crippen molar-refractivity contribution in [3.8, 4) is 0 Å². The molecular weight excluding hydrogens is 574 g/mol. The van der Waals surface area contributed by atoms with E-state index in [4.69, 9.17) is 15.0 Å². The van der Waals surface area contributed by atoms with Gasteiger partial charge in [0.1, 0.15) is 0 Å². The second-order valence-corrected chi connectivity index (χ2v) is 13.4. The van der Waals surface area contributed by atoms with Crippen LogP contribution >= 0.6 is 0 Å². The highest BCUT2D eigenvalue weighted by molar-refractivity contribution is 6.35. The molecule has 5 nitrogen and oxygen atoms in total. The first-order chi connectivity index (χ1) is 22.7. The molecule has 2 aromatic rings. The van der Waals surface area contributed by atoms with Gasteiger partial charge in [-0.3, -0.25) is 4.99 Å². The lowest BCUT2D eigenvalue weighted by Crippen LogP contribution is -2.36. The fourth-order valence-electron chi connectivity index (χ4n) is 8.65. The lowest BCUT2D eigenvalue weighted by molar-refractivity contribution is 0.539. The Bertz CT molecular complexity index is 1870. The summed E-state index contributed by atoms with van der Waals surface area (Å²) in [6.45, 7) is 18.3. The number of allylic oxidation sites excluding steroid dienone is 5. The van der Waals surface area contributed by atoms with Gasteiger partial charge in [0.25, 0.3) is 0 Å². The summed E-state index contributed by atoms with van der Waals surface area (Å²) in [7, 11) is 4.24. The minimum atomic E-state index is -0.220. The van der Waals surface area contributed by atoms with Crippen molar-refractivity contribution in [3.05, 3.63) is 97.3 Å². The molecule has 0 spiro atoms. The summed E-state index contributed by atoms with van der Waals surface area (Å²) < 4.78 is 0. The summed E-state index contributed by atoms with van der Waals surface area (Å²) in [4.78, 5) is 22.8. The molecule has 0 saturated heterocycles. The molecular formula is C42H53N5. The fraction of sp³-hybridized carbons (Fsp3) is 0.452. The predicted octanol–water partition coefficient (Wildman–Crippen LogP) is 10.6.